The summed E-state index contributed by atoms with van der Waals surface area (Å²) in [5, 5.41) is 21.0. The molecule has 3 atom stereocenters. The van der Waals surface area contributed by atoms with E-state index in [0.717, 1.165) is 12.8 Å². The van der Waals surface area contributed by atoms with Crippen molar-refractivity contribution in [1.29, 1.82) is 0 Å². The molecule has 0 bridgehead atoms. The van der Waals surface area contributed by atoms with Gasteiger partial charge in [-0.1, -0.05) is 12.1 Å². The van der Waals surface area contributed by atoms with E-state index >= 15 is 0 Å². The Morgan fingerprint density at radius 3 is 2.69 bits per heavy atom. The summed E-state index contributed by atoms with van der Waals surface area (Å²) in [6, 6.07) is 5.64. The number of hydrogen-bond acceptors (Lipinski definition) is 7. The monoisotopic (exact) mass is 402 g/mol. The summed E-state index contributed by atoms with van der Waals surface area (Å²) in [6.45, 7) is 3.66. The zero-order chi connectivity index (χ0) is 21.1. The van der Waals surface area contributed by atoms with Crippen molar-refractivity contribution in [3.8, 4) is 0 Å². The second-order valence-corrected chi connectivity index (χ2v) is 7.10. The Morgan fingerprint density at radius 1 is 1.31 bits per heavy atom. The largest absolute Gasteiger partial charge is 0.481 e. The van der Waals surface area contributed by atoms with E-state index in [4.69, 9.17) is 9.47 Å². The third-order valence-corrected chi connectivity index (χ3v) is 5.13. The highest BCUT2D eigenvalue weighted by atomic mass is 16.7. The SMILES string of the molecule is CC1=NC(C)=C(C(=O)OC2CCCCO2)[C@@H](c2cccc([N+](=O)[O-])c2)C1C(=O)O. The first kappa shape index (κ1) is 20.7. The molecule has 2 aliphatic heterocycles. The molecule has 0 radical (unpaired) electrons. The summed E-state index contributed by atoms with van der Waals surface area (Å²) in [5.41, 5.74) is 0.886. The first-order valence-electron chi connectivity index (χ1n) is 9.35. The van der Waals surface area contributed by atoms with E-state index in [1.165, 1.54) is 18.2 Å². The van der Waals surface area contributed by atoms with E-state index in [2.05, 4.69) is 4.99 Å². The number of rotatable bonds is 5. The van der Waals surface area contributed by atoms with Crippen LogP contribution >= 0.6 is 0 Å². The van der Waals surface area contributed by atoms with Gasteiger partial charge in [-0.2, -0.15) is 0 Å². The normalized spacial score (nSPS) is 24.6. The topological polar surface area (TPSA) is 128 Å². The molecule has 0 spiro atoms. The maximum Gasteiger partial charge on any atom is 0.338 e. The molecule has 0 aromatic heterocycles. The van der Waals surface area contributed by atoms with Crippen molar-refractivity contribution < 1.29 is 29.1 Å². The number of carboxylic acid groups (broad SMARTS) is 1. The van der Waals surface area contributed by atoms with Crippen molar-refractivity contribution in [1.82, 2.24) is 0 Å². The molecule has 1 saturated heterocycles. The number of carbonyl (C=O) groups is 2. The summed E-state index contributed by atoms with van der Waals surface area (Å²) in [4.78, 5) is 39.9. The Kier molecular flexibility index (Phi) is 6.07. The Bertz CT molecular complexity index is 900. The van der Waals surface area contributed by atoms with Crippen LogP contribution in [0.15, 0.2) is 40.5 Å². The molecule has 0 saturated carbocycles. The van der Waals surface area contributed by atoms with Gasteiger partial charge in [0, 0.05) is 35.9 Å². The molecule has 1 N–H and O–H groups in total. The molecular formula is C20H22N2O7. The molecule has 3 rings (SSSR count). The van der Waals surface area contributed by atoms with Gasteiger partial charge in [-0.05, 0) is 32.3 Å². The average Bonchev–Trinajstić information content (AvgIpc) is 2.67. The maximum atomic E-state index is 13.0. The van der Waals surface area contributed by atoms with Crippen LogP contribution in [-0.4, -0.2) is 40.6 Å². The maximum absolute atomic E-state index is 13.0. The van der Waals surface area contributed by atoms with Crippen molar-refractivity contribution in [3.05, 3.63) is 51.2 Å². The molecule has 29 heavy (non-hydrogen) atoms. The molecule has 1 fully saturated rings. The molecule has 9 heteroatoms. The number of nitro groups is 1. The minimum Gasteiger partial charge on any atom is -0.481 e. The fourth-order valence-electron chi connectivity index (χ4n) is 3.80. The molecule has 0 aliphatic carbocycles. The lowest BCUT2D eigenvalue weighted by molar-refractivity contribution is -0.384. The van der Waals surface area contributed by atoms with Crippen LogP contribution in [0.3, 0.4) is 0 Å². The minimum absolute atomic E-state index is 0.0812. The van der Waals surface area contributed by atoms with Crippen LogP contribution in [0.1, 0.15) is 44.6 Å². The first-order valence-corrected chi connectivity index (χ1v) is 9.35. The number of ether oxygens (including phenoxy) is 2. The van der Waals surface area contributed by atoms with Crippen molar-refractivity contribution >= 4 is 23.3 Å². The van der Waals surface area contributed by atoms with Gasteiger partial charge in [-0.15, -0.1) is 0 Å². The fraction of sp³-hybridized carbons (Fsp3) is 0.450. The van der Waals surface area contributed by atoms with Gasteiger partial charge in [0.15, 0.2) is 0 Å². The quantitative estimate of drug-likeness (QED) is 0.455. The van der Waals surface area contributed by atoms with Crippen molar-refractivity contribution in [2.24, 2.45) is 10.9 Å². The summed E-state index contributed by atoms with van der Waals surface area (Å²) in [5.74, 6) is -3.99. The number of carboxylic acids is 1. The van der Waals surface area contributed by atoms with E-state index in [-0.39, 0.29) is 11.3 Å². The zero-order valence-corrected chi connectivity index (χ0v) is 16.2. The standard InChI is InChI=1S/C20H22N2O7/c1-11-16(19(23)24)18(13-6-5-7-14(10-13)22(26)27)17(12(2)21-11)20(25)29-15-8-3-4-9-28-15/h5-7,10,15-16,18H,3-4,8-9H2,1-2H3,(H,23,24)/t15?,16?,18-/m0/s1. The van der Waals surface area contributed by atoms with Gasteiger partial charge >= 0.3 is 11.9 Å². The highest BCUT2D eigenvalue weighted by Crippen LogP contribution is 2.40. The van der Waals surface area contributed by atoms with Gasteiger partial charge in [0.2, 0.25) is 6.29 Å². The van der Waals surface area contributed by atoms with Gasteiger partial charge < -0.3 is 14.6 Å². The zero-order valence-electron chi connectivity index (χ0n) is 16.2. The predicted octanol–water partition coefficient (Wildman–Crippen LogP) is 3.20. The van der Waals surface area contributed by atoms with Crippen molar-refractivity contribution in [2.75, 3.05) is 6.61 Å². The highest BCUT2D eigenvalue weighted by Gasteiger charge is 2.42. The Labute approximate surface area is 167 Å². The molecule has 154 valence electrons. The number of carbonyl (C=O) groups excluding carboxylic acids is 1. The highest BCUT2D eigenvalue weighted by molar-refractivity contribution is 6.06. The van der Waals surface area contributed by atoms with Crippen LogP contribution < -0.4 is 0 Å². The molecule has 2 aliphatic rings. The predicted molar refractivity (Wildman–Crippen MR) is 102 cm³/mol. The number of non-ortho nitro benzene ring substituents is 1. The van der Waals surface area contributed by atoms with Crippen molar-refractivity contribution in [2.45, 2.75) is 45.3 Å². The number of nitro benzene ring substituents is 1. The number of esters is 1. The number of benzene rings is 1. The Balaban J connectivity index is 2.05. The summed E-state index contributed by atoms with van der Waals surface area (Å²) >= 11 is 0. The lowest BCUT2D eigenvalue weighted by Crippen LogP contribution is -2.36. The van der Waals surface area contributed by atoms with E-state index in [0.29, 0.717) is 30.0 Å². The Hall–Kier alpha value is -3.07. The summed E-state index contributed by atoms with van der Waals surface area (Å²) < 4.78 is 10.9. The van der Waals surface area contributed by atoms with Gasteiger partial charge in [-0.3, -0.25) is 19.9 Å². The van der Waals surface area contributed by atoms with Crippen LogP contribution in [0, 0.1) is 16.0 Å². The third-order valence-electron chi connectivity index (χ3n) is 5.13. The van der Waals surface area contributed by atoms with Gasteiger partial charge in [0.05, 0.1) is 17.1 Å². The van der Waals surface area contributed by atoms with Crippen LogP contribution in [-0.2, 0) is 19.1 Å². The van der Waals surface area contributed by atoms with Gasteiger partial charge in [-0.25, -0.2) is 4.79 Å². The van der Waals surface area contributed by atoms with E-state index < -0.39 is 35.0 Å². The first-order chi connectivity index (χ1) is 13.8. The molecule has 2 heterocycles. The lowest BCUT2D eigenvalue weighted by atomic mass is 9.75. The fourth-order valence-corrected chi connectivity index (χ4v) is 3.80. The second-order valence-electron chi connectivity index (χ2n) is 7.10. The Morgan fingerprint density at radius 2 is 2.07 bits per heavy atom. The van der Waals surface area contributed by atoms with Crippen LogP contribution in [0.5, 0.6) is 0 Å². The van der Waals surface area contributed by atoms with Crippen molar-refractivity contribution in [3.63, 3.8) is 0 Å². The number of aliphatic imine (C=N–C) groups is 1. The van der Waals surface area contributed by atoms with Crippen LogP contribution in [0.25, 0.3) is 0 Å². The summed E-state index contributed by atoms with van der Waals surface area (Å²) in [6.07, 6.45) is 1.61. The minimum atomic E-state index is -1.17. The molecule has 1 aromatic rings. The van der Waals surface area contributed by atoms with Gasteiger partial charge in [0.1, 0.15) is 5.92 Å². The van der Waals surface area contributed by atoms with E-state index in [1.54, 1.807) is 19.9 Å². The molecule has 2 unspecified atom stereocenters. The van der Waals surface area contributed by atoms with Gasteiger partial charge in [0.25, 0.3) is 5.69 Å². The number of allylic oxidation sites excluding steroid dienone is 1. The summed E-state index contributed by atoms with van der Waals surface area (Å²) in [7, 11) is 0. The number of hydrogen-bond donors (Lipinski definition) is 1. The molecule has 0 amide bonds. The lowest BCUT2D eigenvalue weighted by Gasteiger charge is -2.31. The number of aliphatic carboxylic acids is 1. The molecule has 9 nitrogen and oxygen atoms in total. The smallest absolute Gasteiger partial charge is 0.338 e. The number of nitrogens with zero attached hydrogens (tertiary/aromatic N) is 2. The third kappa shape index (κ3) is 4.34. The van der Waals surface area contributed by atoms with E-state index in [9.17, 15) is 24.8 Å². The van der Waals surface area contributed by atoms with Crippen LogP contribution in [0.4, 0.5) is 5.69 Å². The van der Waals surface area contributed by atoms with E-state index in [1.807, 2.05) is 0 Å². The average molecular weight is 402 g/mol. The molecular weight excluding hydrogens is 380 g/mol. The van der Waals surface area contributed by atoms with Crippen LogP contribution in [0.2, 0.25) is 0 Å². The second kappa shape index (κ2) is 8.52. The molecule has 1 aromatic carbocycles.